The molecule has 3 rings (SSSR count). The van der Waals surface area contributed by atoms with Gasteiger partial charge in [-0.05, 0) is 43.4 Å². The van der Waals surface area contributed by atoms with Crippen LogP contribution in [0.2, 0.25) is 0 Å². The summed E-state index contributed by atoms with van der Waals surface area (Å²) in [4.78, 5) is 24.8. The van der Waals surface area contributed by atoms with E-state index >= 15 is 0 Å². The highest BCUT2D eigenvalue weighted by molar-refractivity contribution is 6.09. The average molecular weight is 330 g/mol. The van der Waals surface area contributed by atoms with Gasteiger partial charge < -0.3 is 0 Å². The highest BCUT2D eigenvalue weighted by Gasteiger charge is 2.55. The van der Waals surface area contributed by atoms with Crippen molar-refractivity contribution >= 4 is 11.6 Å². The zero-order valence-electron chi connectivity index (χ0n) is 14.5. The van der Waals surface area contributed by atoms with Gasteiger partial charge in [-0.2, -0.15) is 10.5 Å². The molecule has 4 nitrogen and oxygen atoms in total. The molecular weight excluding hydrogens is 312 g/mol. The first-order valence-corrected chi connectivity index (χ1v) is 8.34. The number of nitrogens with zero attached hydrogens (tertiary/aromatic N) is 2. The Morgan fingerprint density at radius 3 is 2.44 bits per heavy atom. The lowest BCUT2D eigenvalue weighted by Crippen LogP contribution is -2.49. The molecule has 124 valence electrons. The van der Waals surface area contributed by atoms with Crippen LogP contribution in [-0.4, -0.2) is 11.6 Å². The van der Waals surface area contributed by atoms with Gasteiger partial charge in [0.1, 0.15) is 12.1 Å². The minimum atomic E-state index is -0.684. The Balaban J connectivity index is 2.28. The lowest BCUT2D eigenvalue weighted by atomic mass is 9.48. The van der Waals surface area contributed by atoms with Crippen molar-refractivity contribution in [2.24, 2.45) is 22.7 Å². The number of fused-ring (bicyclic) bond motifs is 3. The van der Waals surface area contributed by atoms with Gasteiger partial charge in [0.05, 0.1) is 16.6 Å². The number of ketones is 2. The highest BCUT2D eigenvalue weighted by atomic mass is 16.1. The fourth-order valence-electron chi connectivity index (χ4n) is 4.78. The maximum atomic E-state index is 12.4. The summed E-state index contributed by atoms with van der Waals surface area (Å²) >= 11 is 0. The van der Waals surface area contributed by atoms with Gasteiger partial charge in [0.2, 0.25) is 0 Å². The van der Waals surface area contributed by atoms with Crippen LogP contribution in [0.3, 0.4) is 0 Å². The van der Waals surface area contributed by atoms with Gasteiger partial charge in [0.15, 0.2) is 11.6 Å². The number of Topliss-reactive ketones (excluding diaryl/α,β-unsaturated/α-hetero) is 1. The second kappa shape index (κ2) is 5.58. The fraction of sp³-hybridized carbons (Fsp3) is 0.429. The molecule has 0 amide bonds. The van der Waals surface area contributed by atoms with Crippen LogP contribution in [0.5, 0.6) is 0 Å². The zero-order chi connectivity index (χ0) is 18.4. The van der Waals surface area contributed by atoms with Crippen molar-refractivity contribution in [3.8, 4) is 24.0 Å². The lowest BCUT2D eigenvalue weighted by Gasteiger charge is -2.53. The van der Waals surface area contributed by atoms with E-state index in [1.54, 1.807) is 19.1 Å². The predicted molar refractivity (Wildman–Crippen MR) is 91.4 cm³/mol. The molecule has 0 saturated heterocycles. The van der Waals surface area contributed by atoms with Crippen LogP contribution in [0.25, 0.3) is 0 Å². The van der Waals surface area contributed by atoms with Gasteiger partial charge >= 0.3 is 0 Å². The first-order valence-electron chi connectivity index (χ1n) is 8.34. The monoisotopic (exact) mass is 330 g/mol. The van der Waals surface area contributed by atoms with Gasteiger partial charge in [-0.25, -0.2) is 0 Å². The van der Waals surface area contributed by atoms with Crippen molar-refractivity contribution in [3.63, 3.8) is 0 Å². The Labute approximate surface area is 147 Å². The summed E-state index contributed by atoms with van der Waals surface area (Å²) in [7, 11) is 0. The average Bonchev–Trinajstić information content (AvgIpc) is 2.59. The third-order valence-electron chi connectivity index (χ3n) is 5.93. The summed E-state index contributed by atoms with van der Waals surface area (Å²) in [6.07, 6.45) is 6.32. The number of allylic oxidation sites excluding steroid dienone is 6. The molecule has 4 atom stereocenters. The van der Waals surface area contributed by atoms with Crippen molar-refractivity contribution in [2.45, 2.75) is 33.6 Å². The quantitative estimate of drug-likeness (QED) is 0.639. The molecular formula is C21H18N2O2. The molecule has 0 heterocycles. The van der Waals surface area contributed by atoms with Crippen molar-refractivity contribution in [1.82, 2.24) is 0 Å². The third kappa shape index (κ3) is 2.20. The van der Waals surface area contributed by atoms with E-state index in [0.717, 1.165) is 12.0 Å². The fourth-order valence-corrected chi connectivity index (χ4v) is 4.78. The summed E-state index contributed by atoms with van der Waals surface area (Å²) in [5, 5.41) is 18.6. The van der Waals surface area contributed by atoms with Crippen LogP contribution >= 0.6 is 0 Å². The second-order valence-electron chi connectivity index (χ2n) is 7.19. The molecule has 25 heavy (non-hydrogen) atoms. The number of carbonyl (C=O) groups excluding carboxylic acids is 2. The molecule has 0 radical (unpaired) electrons. The molecule has 0 aromatic heterocycles. The van der Waals surface area contributed by atoms with E-state index in [1.165, 1.54) is 6.08 Å². The summed E-state index contributed by atoms with van der Waals surface area (Å²) in [5.41, 5.74) is -0.223. The van der Waals surface area contributed by atoms with Crippen LogP contribution in [0, 0.1) is 57.2 Å². The Kier molecular flexibility index (Phi) is 3.78. The molecule has 3 aliphatic rings. The van der Waals surface area contributed by atoms with Gasteiger partial charge in [0, 0.05) is 11.3 Å². The minimum Gasteiger partial charge on any atom is -0.293 e. The molecule has 3 aliphatic carbocycles. The standard InChI is InChI=1S/C21H18N2O2/c1-4-6-21-7-5-16-13(2)19(25)15(12-23)9-20(16,3)18(21)8-17(24)14(10-21)11-22/h8-10,13,16H,5,7H2,1-3H3. The number of rotatable bonds is 0. The molecule has 1 fully saturated rings. The van der Waals surface area contributed by atoms with E-state index in [-0.39, 0.29) is 34.5 Å². The molecule has 4 unspecified atom stereocenters. The van der Waals surface area contributed by atoms with Crippen molar-refractivity contribution in [3.05, 3.63) is 34.9 Å². The third-order valence-corrected chi connectivity index (χ3v) is 5.93. The zero-order valence-corrected chi connectivity index (χ0v) is 14.5. The SMILES string of the molecule is CC#CC12C=C(C#N)C(=O)C=C1C1(C)C=C(C#N)C(=O)C(C)C1CC2. The second-order valence-corrected chi connectivity index (χ2v) is 7.19. The molecule has 4 heteroatoms. The summed E-state index contributed by atoms with van der Waals surface area (Å²) < 4.78 is 0. The summed E-state index contributed by atoms with van der Waals surface area (Å²) in [5.74, 6) is 5.42. The van der Waals surface area contributed by atoms with Crippen molar-refractivity contribution < 1.29 is 9.59 Å². The first-order chi connectivity index (χ1) is 11.8. The topological polar surface area (TPSA) is 81.7 Å². The Morgan fingerprint density at radius 2 is 1.84 bits per heavy atom. The van der Waals surface area contributed by atoms with E-state index in [2.05, 4.69) is 11.8 Å². The lowest BCUT2D eigenvalue weighted by molar-refractivity contribution is -0.122. The maximum absolute atomic E-state index is 12.4. The molecule has 0 aromatic rings. The number of carbonyl (C=O) groups is 2. The summed E-state index contributed by atoms with van der Waals surface area (Å²) in [6.45, 7) is 5.57. The molecule has 0 N–H and O–H groups in total. The summed E-state index contributed by atoms with van der Waals surface area (Å²) in [6, 6.07) is 3.98. The van der Waals surface area contributed by atoms with Crippen LogP contribution in [0.4, 0.5) is 0 Å². The predicted octanol–water partition coefficient (Wildman–Crippen LogP) is 3.04. The van der Waals surface area contributed by atoms with Gasteiger partial charge in [-0.15, -0.1) is 5.92 Å². The van der Waals surface area contributed by atoms with Crippen LogP contribution in [0.1, 0.15) is 33.6 Å². The number of nitriles is 2. The maximum Gasteiger partial charge on any atom is 0.196 e. The Morgan fingerprint density at radius 1 is 1.16 bits per heavy atom. The van der Waals surface area contributed by atoms with Crippen molar-refractivity contribution in [2.75, 3.05) is 0 Å². The van der Waals surface area contributed by atoms with E-state index in [4.69, 9.17) is 0 Å². The van der Waals surface area contributed by atoms with E-state index in [0.29, 0.717) is 6.42 Å². The number of hydrogen-bond donors (Lipinski definition) is 0. The smallest absolute Gasteiger partial charge is 0.196 e. The van der Waals surface area contributed by atoms with E-state index in [1.807, 2.05) is 26.0 Å². The van der Waals surface area contributed by atoms with E-state index < -0.39 is 10.8 Å². The molecule has 0 spiro atoms. The largest absolute Gasteiger partial charge is 0.293 e. The van der Waals surface area contributed by atoms with E-state index in [9.17, 15) is 20.1 Å². The molecule has 0 aliphatic heterocycles. The Hall–Kier alpha value is -2.90. The Bertz CT molecular complexity index is 926. The van der Waals surface area contributed by atoms with Crippen LogP contribution in [-0.2, 0) is 9.59 Å². The highest BCUT2D eigenvalue weighted by Crippen LogP contribution is 2.60. The minimum absolute atomic E-state index is 0.0139. The first kappa shape index (κ1) is 16.9. The molecule has 0 bridgehead atoms. The van der Waals surface area contributed by atoms with Gasteiger partial charge in [-0.3, -0.25) is 9.59 Å². The molecule has 0 aromatic carbocycles. The van der Waals surface area contributed by atoms with Gasteiger partial charge in [-0.1, -0.05) is 25.8 Å². The van der Waals surface area contributed by atoms with Crippen LogP contribution in [0.15, 0.2) is 34.9 Å². The van der Waals surface area contributed by atoms with Crippen molar-refractivity contribution in [1.29, 1.82) is 10.5 Å². The van der Waals surface area contributed by atoms with Crippen LogP contribution < -0.4 is 0 Å². The van der Waals surface area contributed by atoms with Gasteiger partial charge in [0.25, 0.3) is 0 Å². The molecule has 1 saturated carbocycles. The number of hydrogen-bond acceptors (Lipinski definition) is 4. The normalized spacial score (nSPS) is 36.3.